The lowest BCUT2D eigenvalue weighted by Gasteiger charge is -2.33. The molecule has 4 rings (SSSR count). The summed E-state index contributed by atoms with van der Waals surface area (Å²) in [5.41, 5.74) is 2.68. The van der Waals surface area contributed by atoms with Gasteiger partial charge >= 0.3 is 0 Å². The molecule has 3 aromatic rings. The highest BCUT2D eigenvalue weighted by molar-refractivity contribution is 9.10. The van der Waals surface area contributed by atoms with E-state index in [0.29, 0.717) is 16.3 Å². The molecule has 3 aromatic carbocycles. The number of nitrogens with one attached hydrogen (secondary N) is 1. The van der Waals surface area contributed by atoms with Crippen molar-refractivity contribution in [1.82, 2.24) is 10.2 Å². The summed E-state index contributed by atoms with van der Waals surface area (Å²) in [5.74, 6) is -0.739. The summed E-state index contributed by atoms with van der Waals surface area (Å²) < 4.78 is 30.1. The van der Waals surface area contributed by atoms with Gasteiger partial charge in [-0.2, -0.15) is 0 Å². The summed E-state index contributed by atoms with van der Waals surface area (Å²) in [7, 11) is -4.15. The van der Waals surface area contributed by atoms with Gasteiger partial charge in [-0.15, -0.1) is 0 Å². The number of anilines is 1. The molecule has 7 nitrogen and oxygen atoms in total. The van der Waals surface area contributed by atoms with Gasteiger partial charge in [-0.1, -0.05) is 76.6 Å². The quantitative estimate of drug-likeness (QED) is 0.257. The van der Waals surface area contributed by atoms with Crippen molar-refractivity contribution >= 4 is 55.1 Å². The summed E-state index contributed by atoms with van der Waals surface area (Å²) in [6.45, 7) is 4.98. The van der Waals surface area contributed by atoms with E-state index >= 15 is 0 Å². The minimum atomic E-state index is -4.15. The van der Waals surface area contributed by atoms with Crippen LogP contribution in [0.2, 0.25) is 5.02 Å². The van der Waals surface area contributed by atoms with Gasteiger partial charge in [-0.05, 0) is 87.2 Å². The van der Waals surface area contributed by atoms with Crippen LogP contribution in [0.4, 0.5) is 5.69 Å². The Bertz CT molecular complexity index is 1510. The molecule has 1 aliphatic rings. The zero-order valence-electron chi connectivity index (χ0n) is 24.1. The molecule has 0 aromatic heterocycles. The zero-order valence-corrected chi connectivity index (χ0v) is 27.3. The van der Waals surface area contributed by atoms with E-state index < -0.39 is 28.5 Å². The summed E-state index contributed by atoms with van der Waals surface area (Å²) in [5, 5.41) is 3.58. The van der Waals surface area contributed by atoms with Crippen LogP contribution in [0, 0.1) is 13.8 Å². The lowest BCUT2D eigenvalue weighted by atomic mass is 9.95. The minimum absolute atomic E-state index is 0.0674. The third-order valence-corrected chi connectivity index (χ3v) is 10.2. The van der Waals surface area contributed by atoms with Gasteiger partial charge < -0.3 is 10.2 Å². The van der Waals surface area contributed by atoms with Gasteiger partial charge in [0.05, 0.1) is 10.6 Å². The predicted molar refractivity (Wildman–Crippen MR) is 171 cm³/mol. The monoisotopic (exact) mass is 673 g/mol. The molecule has 0 saturated heterocycles. The molecule has 1 saturated carbocycles. The molecule has 1 fully saturated rings. The van der Waals surface area contributed by atoms with Crippen LogP contribution in [0.5, 0.6) is 0 Å². The van der Waals surface area contributed by atoms with Gasteiger partial charge in [0.25, 0.3) is 10.0 Å². The van der Waals surface area contributed by atoms with E-state index in [9.17, 15) is 18.0 Å². The molecular formula is C32H37BrClN3O4S. The molecule has 0 heterocycles. The lowest BCUT2D eigenvalue weighted by Crippen LogP contribution is -2.53. The fourth-order valence-electron chi connectivity index (χ4n) is 5.19. The van der Waals surface area contributed by atoms with Crippen molar-refractivity contribution in [3.8, 4) is 0 Å². The maximum absolute atomic E-state index is 14.2. The highest BCUT2D eigenvalue weighted by Crippen LogP contribution is 2.30. The Morgan fingerprint density at radius 2 is 1.62 bits per heavy atom. The van der Waals surface area contributed by atoms with Gasteiger partial charge in [0.1, 0.15) is 12.6 Å². The number of nitrogens with zero attached hydrogens (tertiary/aromatic N) is 2. The Morgan fingerprint density at radius 1 is 0.976 bits per heavy atom. The first kappa shape index (κ1) is 32.0. The number of carbonyl (C=O) groups excluding carboxylic acids is 2. The maximum atomic E-state index is 14.2. The summed E-state index contributed by atoms with van der Waals surface area (Å²) in [6.07, 6.45) is 5.11. The lowest BCUT2D eigenvalue weighted by molar-refractivity contribution is -0.139. The van der Waals surface area contributed by atoms with Gasteiger partial charge in [0, 0.05) is 22.1 Å². The number of halogens is 2. The van der Waals surface area contributed by atoms with E-state index in [4.69, 9.17) is 11.6 Å². The molecule has 224 valence electrons. The summed E-state index contributed by atoms with van der Waals surface area (Å²) >= 11 is 9.63. The van der Waals surface area contributed by atoms with Crippen LogP contribution in [0.25, 0.3) is 0 Å². The molecule has 0 unspecified atom stereocenters. The second kappa shape index (κ2) is 14.1. The van der Waals surface area contributed by atoms with Gasteiger partial charge in [-0.25, -0.2) is 8.42 Å². The third-order valence-electron chi connectivity index (χ3n) is 7.70. The third kappa shape index (κ3) is 7.94. The van der Waals surface area contributed by atoms with E-state index in [1.165, 1.54) is 17.0 Å². The molecule has 2 amide bonds. The minimum Gasteiger partial charge on any atom is -0.352 e. The molecule has 1 atom stereocenters. The fourth-order valence-corrected chi connectivity index (χ4v) is 7.16. The van der Waals surface area contributed by atoms with E-state index in [1.54, 1.807) is 44.2 Å². The van der Waals surface area contributed by atoms with Gasteiger partial charge in [0.15, 0.2) is 0 Å². The Kier molecular flexibility index (Phi) is 10.7. The molecule has 1 aliphatic carbocycles. The number of hydrogen-bond acceptors (Lipinski definition) is 4. The Morgan fingerprint density at radius 3 is 2.24 bits per heavy atom. The van der Waals surface area contributed by atoms with Crippen molar-refractivity contribution in [2.24, 2.45) is 0 Å². The number of benzene rings is 3. The number of sulfonamides is 1. The van der Waals surface area contributed by atoms with Crippen molar-refractivity contribution < 1.29 is 18.0 Å². The van der Waals surface area contributed by atoms with E-state index in [0.717, 1.165) is 52.0 Å². The highest BCUT2D eigenvalue weighted by Gasteiger charge is 2.33. The summed E-state index contributed by atoms with van der Waals surface area (Å²) in [6, 6.07) is 18.1. The molecule has 0 spiro atoms. The normalized spacial score (nSPS) is 14.7. The van der Waals surface area contributed by atoms with Crippen LogP contribution in [-0.2, 0) is 26.2 Å². The van der Waals surface area contributed by atoms with Crippen LogP contribution in [-0.4, -0.2) is 43.8 Å². The van der Waals surface area contributed by atoms with E-state index in [2.05, 4.69) is 21.2 Å². The largest absolute Gasteiger partial charge is 0.352 e. The van der Waals surface area contributed by atoms with E-state index in [1.807, 2.05) is 31.2 Å². The predicted octanol–water partition coefficient (Wildman–Crippen LogP) is 6.78. The number of rotatable bonds is 10. The molecular weight excluding hydrogens is 638 g/mol. The first-order chi connectivity index (χ1) is 20.0. The maximum Gasteiger partial charge on any atom is 0.264 e. The van der Waals surface area contributed by atoms with Crippen LogP contribution < -0.4 is 9.62 Å². The fraction of sp³-hybridized carbons (Fsp3) is 0.375. The number of aryl methyl sites for hydroxylation is 2. The second-order valence-electron chi connectivity index (χ2n) is 10.9. The molecule has 0 radical (unpaired) electrons. The second-order valence-corrected chi connectivity index (χ2v) is 14.1. The van der Waals surface area contributed by atoms with Crippen molar-refractivity contribution in [3.63, 3.8) is 0 Å². The number of carbonyl (C=O) groups is 2. The van der Waals surface area contributed by atoms with Crippen LogP contribution in [0.15, 0.2) is 76.1 Å². The van der Waals surface area contributed by atoms with Crippen molar-refractivity contribution in [2.45, 2.75) is 76.4 Å². The molecule has 0 aliphatic heterocycles. The average Bonchev–Trinajstić information content (AvgIpc) is 2.96. The Balaban J connectivity index is 1.69. The highest BCUT2D eigenvalue weighted by atomic mass is 79.9. The van der Waals surface area contributed by atoms with Crippen molar-refractivity contribution in [1.29, 1.82) is 0 Å². The van der Waals surface area contributed by atoms with Crippen molar-refractivity contribution in [3.05, 3.63) is 92.9 Å². The Hall–Kier alpha value is -2.88. The summed E-state index contributed by atoms with van der Waals surface area (Å²) in [4.78, 5) is 29.1. The number of hydrogen-bond donors (Lipinski definition) is 1. The molecule has 1 N–H and O–H groups in total. The first-order valence-corrected chi connectivity index (χ1v) is 16.8. The number of amides is 2. The van der Waals surface area contributed by atoms with Gasteiger partial charge in [0.2, 0.25) is 11.8 Å². The van der Waals surface area contributed by atoms with Crippen LogP contribution >= 0.6 is 27.5 Å². The molecule has 42 heavy (non-hydrogen) atoms. The average molecular weight is 675 g/mol. The Labute approximate surface area is 262 Å². The molecule has 0 bridgehead atoms. The topological polar surface area (TPSA) is 86.8 Å². The van der Waals surface area contributed by atoms with Crippen LogP contribution in [0.1, 0.15) is 55.7 Å². The van der Waals surface area contributed by atoms with Gasteiger partial charge in [-0.3, -0.25) is 13.9 Å². The van der Waals surface area contributed by atoms with Crippen LogP contribution in [0.3, 0.4) is 0 Å². The SMILES string of the molecule is Cc1ccc(S(=O)(=O)N(CC(=O)N(Cc2ccc(Br)cc2)[C@@H](C)C(=O)NC2CCCCC2)c2ccc(Cl)cc2C)cc1. The molecule has 10 heteroatoms. The smallest absolute Gasteiger partial charge is 0.264 e. The van der Waals surface area contributed by atoms with Crippen molar-refractivity contribution in [2.75, 3.05) is 10.8 Å². The van der Waals surface area contributed by atoms with E-state index in [-0.39, 0.29) is 23.4 Å². The standard InChI is InChI=1S/C32H37BrClN3O4S/c1-22-9-16-29(17-10-22)42(40,41)37(30-18-15-27(34)19-23(30)2)21-31(38)36(20-25-11-13-26(33)14-12-25)24(3)32(39)35-28-7-5-4-6-8-28/h9-19,24,28H,4-8,20-21H2,1-3H3,(H,35,39)/t24-/m0/s1. The first-order valence-electron chi connectivity index (χ1n) is 14.2. The zero-order chi connectivity index (χ0) is 30.4.